The van der Waals surface area contributed by atoms with Crippen molar-refractivity contribution in [2.75, 3.05) is 13.1 Å². The van der Waals surface area contributed by atoms with Gasteiger partial charge in [0.15, 0.2) is 0 Å². The fourth-order valence-electron chi connectivity index (χ4n) is 2.06. The summed E-state index contributed by atoms with van der Waals surface area (Å²) in [6, 6.07) is 4.60. The summed E-state index contributed by atoms with van der Waals surface area (Å²) in [7, 11) is 0. The van der Waals surface area contributed by atoms with E-state index in [1.54, 1.807) is 12.1 Å². The largest absolute Gasteiger partial charge is 0.316 e. The zero-order valence-corrected chi connectivity index (χ0v) is 9.57. The normalized spacial score (nSPS) is 18.6. The van der Waals surface area contributed by atoms with E-state index < -0.39 is 0 Å². The fourth-order valence-corrected chi connectivity index (χ4v) is 2.25. The van der Waals surface area contributed by atoms with Gasteiger partial charge in [-0.05, 0) is 42.0 Å². The van der Waals surface area contributed by atoms with Crippen LogP contribution in [-0.4, -0.2) is 13.1 Å². The van der Waals surface area contributed by atoms with Crippen LogP contribution < -0.4 is 5.32 Å². The van der Waals surface area contributed by atoms with Crippen molar-refractivity contribution < 1.29 is 4.39 Å². The highest BCUT2D eigenvalue weighted by Gasteiger charge is 2.35. The van der Waals surface area contributed by atoms with E-state index in [9.17, 15) is 4.39 Å². The molecule has 0 bridgehead atoms. The summed E-state index contributed by atoms with van der Waals surface area (Å²) < 4.78 is 13.1. The lowest BCUT2D eigenvalue weighted by molar-refractivity contribution is 0.160. The number of hydrogen-bond acceptors (Lipinski definition) is 1. The van der Waals surface area contributed by atoms with E-state index in [0.717, 1.165) is 31.5 Å². The summed E-state index contributed by atoms with van der Waals surface area (Å²) in [5.74, 6) is -0.201. The zero-order valence-electron chi connectivity index (χ0n) is 8.82. The van der Waals surface area contributed by atoms with Gasteiger partial charge in [0.1, 0.15) is 5.82 Å². The maximum atomic E-state index is 13.1. The smallest absolute Gasteiger partial charge is 0.123 e. The molecular formula is C12H15ClFN. The first-order valence-corrected chi connectivity index (χ1v) is 5.68. The van der Waals surface area contributed by atoms with E-state index in [-0.39, 0.29) is 11.2 Å². The quantitative estimate of drug-likeness (QED) is 0.837. The lowest BCUT2D eigenvalue weighted by Gasteiger charge is -2.42. The van der Waals surface area contributed by atoms with Crippen molar-refractivity contribution in [3.8, 4) is 0 Å². The minimum atomic E-state index is -0.201. The molecule has 1 aromatic carbocycles. The molecular weight excluding hydrogens is 213 g/mol. The van der Waals surface area contributed by atoms with Crippen molar-refractivity contribution >= 4 is 11.6 Å². The van der Waals surface area contributed by atoms with Crippen LogP contribution in [0.1, 0.15) is 18.9 Å². The maximum Gasteiger partial charge on any atom is 0.123 e. The van der Waals surface area contributed by atoms with Gasteiger partial charge in [-0.15, -0.1) is 0 Å². The number of nitrogens with one attached hydrogen (secondary N) is 1. The van der Waals surface area contributed by atoms with Gasteiger partial charge >= 0.3 is 0 Å². The Labute approximate surface area is 94.6 Å². The first-order chi connectivity index (χ1) is 7.15. The highest BCUT2D eigenvalue weighted by Crippen LogP contribution is 2.33. The van der Waals surface area contributed by atoms with Crippen molar-refractivity contribution in [3.63, 3.8) is 0 Å². The van der Waals surface area contributed by atoms with Crippen LogP contribution in [0.4, 0.5) is 4.39 Å². The first kappa shape index (κ1) is 10.9. The molecule has 0 saturated carbocycles. The molecule has 1 aromatic rings. The van der Waals surface area contributed by atoms with Gasteiger partial charge in [0.2, 0.25) is 0 Å². The van der Waals surface area contributed by atoms with Gasteiger partial charge < -0.3 is 5.32 Å². The van der Waals surface area contributed by atoms with Crippen molar-refractivity contribution in [2.24, 2.45) is 5.41 Å². The molecule has 1 aliphatic rings. The lowest BCUT2D eigenvalue weighted by atomic mass is 9.74. The van der Waals surface area contributed by atoms with E-state index in [1.165, 1.54) is 6.07 Å². The third-order valence-electron chi connectivity index (χ3n) is 3.32. The van der Waals surface area contributed by atoms with E-state index in [2.05, 4.69) is 12.2 Å². The third kappa shape index (κ3) is 2.16. The Morgan fingerprint density at radius 3 is 2.73 bits per heavy atom. The standard InChI is InChI=1S/C12H15ClFN/c1-2-12(7-15-8-12)6-9-5-10(14)3-4-11(9)13/h3-5,15H,2,6-8H2,1H3. The molecule has 82 valence electrons. The number of benzene rings is 1. The van der Waals surface area contributed by atoms with E-state index in [1.807, 2.05) is 0 Å². The van der Waals surface area contributed by atoms with Gasteiger partial charge in [-0.2, -0.15) is 0 Å². The molecule has 0 unspecified atom stereocenters. The van der Waals surface area contributed by atoms with Crippen molar-refractivity contribution in [1.82, 2.24) is 5.32 Å². The van der Waals surface area contributed by atoms with Crippen molar-refractivity contribution in [3.05, 3.63) is 34.6 Å². The molecule has 0 atom stereocenters. The average molecular weight is 228 g/mol. The van der Waals surface area contributed by atoms with Crippen LogP contribution in [0.5, 0.6) is 0 Å². The van der Waals surface area contributed by atoms with Crippen molar-refractivity contribution in [2.45, 2.75) is 19.8 Å². The molecule has 1 saturated heterocycles. The van der Waals surface area contributed by atoms with Crippen LogP contribution in [0, 0.1) is 11.2 Å². The Morgan fingerprint density at radius 2 is 2.20 bits per heavy atom. The Kier molecular flexibility index (Phi) is 2.98. The summed E-state index contributed by atoms with van der Waals surface area (Å²) in [6.07, 6.45) is 1.97. The summed E-state index contributed by atoms with van der Waals surface area (Å²) in [6.45, 7) is 4.20. The highest BCUT2D eigenvalue weighted by molar-refractivity contribution is 6.31. The molecule has 0 radical (unpaired) electrons. The molecule has 0 aromatic heterocycles. The second-order valence-electron chi connectivity index (χ2n) is 4.37. The summed E-state index contributed by atoms with van der Waals surface area (Å²) in [4.78, 5) is 0. The van der Waals surface area contributed by atoms with Gasteiger partial charge in [-0.3, -0.25) is 0 Å². The number of halogens is 2. The van der Waals surface area contributed by atoms with Crippen LogP contribution in [0.25, 0.3) is 0 Å². The number of hydrogen-bond donors (Lipinski definition) is 1. The minimum absolute atomic E-state index is 0.201. The van der Waals surface area contributed by atoms with Crippen LogP contribution in [0.2, 0.25) is 5.02 Å². The summed E-state index contributed by atoms with van der Waals surface area (Å²) in [5.41, 5.74) is 1.22. The molecule has 1 nitrogen and oxygen atoms in total. The van der Waals surface area contributed by atoms with Gasteiger partial charge in [-0.1, -0.05) is 18.5 Å². The molecule has 1 aliphatic heterocycles. The minimum Gasteiger partial charge on any atom is -0.316 e. The molecule has 15 heavy (non-hydrogen) atoms. The topological polar surface area (TPSA) is 12.0 Å². The van der Waals surface area contributed by atoms with Gasteiger partial charge in [0.05, 0.1) is 0 Å². The van der Waals surface area contributed by atoms with Gasteiger partial charge in [0, 0.05) is 18.1 Å². The maximum absolute atomic E-state index is 13.1. The second kappa shape index (κ2) is 4.11. The average Bonchev–Trinajstić information content (AvgIpc) is 2.17. The molecule has 1 heterocycles. The van der Waals surface area contributed by atoms with E-state index >= 15 is 0 Å². The predicted octanol–water partition coefficient (Wildman–Crippen LogP) is 3.02. The van der Waals surface area contributed by atoms with Crippen LogP contribution in [0.15, 0.2) is 18.2 Å². The van der Waals surface area contributed by atoms with Crippen LogP contribution >= 0.6 is 11.6 Å². The second-order valence-corrected chi connectivity index (χ2v) is 4.78. The molecule has 0 spiro atoms. The lowest BCUT2D eigenvalue weighted by Crippen LogP contribution is -2.54. The SMILES string of the molecule is CCC1(Cc2cc(F)ccc2Cl)CNC1. The Hall–Kier alpha value is -0.600. The van der Waals surface area contributed by atoms with Gasteiger partial charge in [0.25, 0.3) is 0 Å². The summed E-state index contributed by atoms with van der Waals surface area (Å²) >= 11 is 6.05. The van der Waals surface area contributed by atoms with Crippen LogP contribution in [0.3, 0.4) is 0 Å². The predicted molar refractivity (Wildman–Crippen MR) is 60.7 cm³/mol. The molecule has 3 heteroatoms. The Bertz CT molecular complexity index is 355. The highest BCUT2D eigenvalue weighted by atomic mass is 35.5. The van der Waals surface area contributed by atoms with Crippen LogP contribution in [-0.2, 0) is 6.42 Å². The first-order valence-electron chi connectivity index (χ1n) is 5.30. The third-order valence-corrected chi connectivity index (χ3v) is 3.69. The summed E-state index contributed by atoms with van der Waals surface area (Å²) in [5, 5.41) is 3.95. The van der Waals surface area contributed by atoms with E-state index in [0.29, 0.717) is 5.02 Å². The Balaban J connectivity index is 2.19. The molecule has 1 fully saturated rings. The fraction of sp³-hybridized carbons (Fsp3) is 0.500. The van der Waals surface area contributed by atoms with E-state index in [4.69, 9.17) is 11.6 Å². The molecule has 0 aliphatic carbocycles. The molecule has 1 N–H and O–H groups in total. The van der Waals surface area contributed by atoms with Crippen molar-refractivity contribution in [1.29, 1.82) is 0 Å². The monoisotopic (exact) mass is 227 g/mol. The molecule has 2 rings (SSSR count). The molecule has 0 amide bonds. The Morgan fingerprint density at radius 1 is 1.47 bits per heavy atom. The van der Waals surface area contributed by atoms with Gasteiger partial charge in [-0.25, -0.2) is 4.39 Å². The zero-order chi connectivity index (χ0) is 10.9. The number of rotatable bonds is 3.